The zero-order chi connectivity index (χ0) is 21.0. The van der Waals surface area contributed by atoms with Gasteiger partial charge in [0.25, 0.3) is 0 Å². The third-order valence-electron chi connectivity index (χ3n) is 6.71. The van der Waals surface area contributed by atoms with E-state index >= 15 is 0 Å². The van der Waals surface area contributed by atoms with E-state index in [1.165, 1.54) is 4.90 Å². The average molecular weight is 441 g/mol. The largest absolute Gasteiger partial charge is 0.392 e. The molecule has 2 aromatic carbocycles. The molecule has 5 rings (SSSR count). The molecule has 0 spiro atoms. The summed E-state index contributed by atoms with van der Waals surface area (Å²) in [5, 5.41) is 17.9. The normalized spacial score (nSPS) is 29.6. The van der Waals surface area contributed by atoms with Gasteiger partial charge in [0.2, 0.25) is 11.8 Å². The summed E-state index contributed by atoms with van der Waals surface area (Å²) >= 11 is 0. The molecule has 4 N–H and O–H groups in total. The van der Waals surface area contributed by atoms with Crippen molar-refractivity contribution in [3.8, 4) is 0 Å². The van der Waals surface area contributed by atoms with Crippen LogP contribution in [-0.4, -0.2) is 51.2 Å². The third kappa shape index (κ3) is 3.43. The second-order valence-corrected chi connectivity index (χ2v) is 8.43. The lowest BCUT2D eigenvalue weighted by molar-refractivity contribution is -0.142. The molecule has 31 heavy (non-hydrogen) atoms. The molecule has 3 heterocycles. The first kappa shape index (κ1) is 21.5. The van der Waals surface area contributed by atoms with Gasteiger partial charge < -0.3 is 10.8 Å². The Bertz CT molecular complexity index is 1010. The van der Waals surface area contributed by atoms with Gasteiger partial charge >= 0.3 is 0 Å². The number of rotatable bonds is 4. The van der Waals surface area contributed by atoms with Gasteiger partial charge in [-0.15, -0.1) is 12.4 Å². The number of nitrogen functional groups attached to an aromatic ring is 1. The van der Waals surface area contributed by atoms with Crippen molar-refractivity contribution in [1.29, 1.82) is 5.41 Å². The van der Waals surface area contributed by atoms with Crippen molar-refractivity contribution < 1.29 is 14.7 Å². The fraction of sp³-hybridized carbons (Fsp3) is 0.348. The monoisotopic (exact) mass is 440 g/mol. The summed E-state index contributed by atoms with van der Waals surface area (Å²) in [5.41, 5.74) is 8.02. The van der Waals surface area contributed by atoms with Crippen LogP contribution in [0.5, 0.6) is 0 Å². The number of nitrogens with one attached hydrogen (secondary N) is 1. The molecular formula is C23H25ClN4O3. The molecule has 0 saturated carbocycles. The highest BCUT2D eigenvalue weighted by molar-refractivity contribution is 6.06. The van der Waals surface area contributed by atoms with Gasteiger partial charge in [-0.05, 0) is 17.5 Å². The number of aliphatic hydroxyl groups is 1. The predicted octanol–water partition coefficient (Wildman–Crippen LogP) is 1.68. The average Bonchev–Trinajstić information content (AvgIpc) is 3.33. The highest BCUT2D eigenvalue weighted by Gasteiger charge is 2.63. The fourth-order valence-corrected chi connectivity index (χ4v) is 5.44. The number of halogens is 1. The Labute approximate surface area is 186 Å². The number of amides is 2. The number of aliphatic hydroxyl groups excluding tert-OH is 1. The van der Waals surface area contributed by atoms with Gasteiger partial charge in [0.05, 0.1) is 24.5 Å². The molecule has 5 atom stereocenters. The Balaban J connectivity index is 0.00000231. The molecule has 2 amide bonds. The maximum absolute atomic E-state index is 13.4. The standard InChI is InChI=1S/C23H24N4O3.ClH/c24-21(25)15-8-6-14(7-9-15)20-19-18(17-10-16(28)12-26(17)20)22(29)27(23(19)30)11-13-4-2-1-3-5-13;/h1-9,16-20,28H,10-12H2,(H3,24,25);1H/t16-,17-,18+,19-,20+;/m1./s1. The Morgan fingerprint density at radius 3 is 2.32 bits per heavy atom. The number of amidine groups is 1. The van der Waals surface area contributed by atoms with Crippen molar-refractivity contribution in [2.24, 2.45) is 17.6 Å². The highest BCUT2D eigenvalue weighted by atomic mass is 35.5. The Morgan fingerprint density at radius 2 is 1.68 bits per heavy atom. The number of hydrogen-bond donors (Lipinski definition) is 3. The van der Waals surface area contributed by atoms with Crippen LogP contribution in [0.2, 0.25) is 0 Å². The minimum absolute atomic E-state index is 0. The van der Waals surface area contributed by atoms with Crippen LogP contribution in [0, 0.1) is 17.2 Å². The van der Waals surface area contributed by atoms with Crippen molar-refractivity contribution in [3.05, 3.63) is 71.3 Å². The van der Waals surface area contributed by atoms with Crippen LogP contribution in [0.15, 0.2) is 54.6 Å². The number of carbonyl (C=O) groups is 2. The van der Waals surface area contributed by atoms with Crippen molar-refractivity contribution in [1.82, 2.24) is 9.80 Å². The third-order valence-corrected chi connectivity index (χ3v) is 6.71. The first-order valence-electron chi connectivity index (χ1n) is 10.2. The van der Waals surface area contributed by atoms with E-state index in [2.05, 4.69) is 4.90 Å². The van der Waals surface area contributed by atoms with Crippen molar-refractivity contribution in [3.63, 3.8) is 0 Å². The van der Waals surface area contributed by atoms with Crippen LogP contribution in [0.4, 0.5) is 0 Å². The molecule has 7 nitrogen and oxygen atoms in total. The molecule has 3 saturated heterocycles. The number of hydrogen-bond acceptors (Lipinski definition) is 5. The van der Waals surface area contributed by atoms with Gasteiger partial charge in [-0.25, -0.2) is 0 Å². The maximum Gasteiger partial charge on any atom is 0.235 e. The zero-order valence-corrected chi connectivity index (χ0v) is 17.7. The van der Waals surface area contributed by atoms with Gasteiger partial charge in [0.1, 0.15) is 5.84 Å². The molecule has 162 valence electrons. The van der Waals surface area contributed by atoms with Gasteiger partial charge in [-0.3, -0.25) is 24.8 Å². The second-order valence-electron chi connectivity index (χ2n) is 8.43. The Hall–Kier alpha value is -2.74. The van der Waals surface area contributed by atoms with Gasteiger partial charge in [-0.1, -0.05) is 54.6 Å². The summed E-state index contributed by atoms with van der Waals surface area (Å²) < 4.78 is 0. The van der Waals surface area contributed by atoms with Crippen LogP contribution in [-0.2, 0) is 16.1 Å². The van der Waals surface area contributed by atoms with E-state index in [-0.39, 0.29) is 48.7 Å². The van der Waals surface area contributed by atoms with Gasteiger partial charge in [-0.2, -0.15) is 0 Å². The van der Waals surface area contributed by atoms with E-state index in [9.17, 15) is 14.7 Å². The summed E-state index contributed by atoms with van der Waals surface area (Å²) in [6.07, 6.45) is 0.00232. The fourth-order valence-electron chi connectivity index (χ4n) is 5.44. The molecule has 0 aliphatic carbocycles. The summed E-state index contributed by atoms with van der Waals surface area (Å²) in [4.78, 5) is 30.3. The molecule has 3 fully saturated rings. The molecule has 0 radical (unpaired) electrons. The van der Waals surface area contributed by atoms with Crippen molar-refractivity contribution in [2.45, 2.75) is 31.2 Å². The first-order chi connectivity index (χ1) is 14.5. The predicted molar refractivity (Wildman–Crippen MR) is 118 cm³/mol. The lowest BCUT2D eigenvalue weighted by Gasteiger charge is -2.29. The summed E-state index contributed by atoms with van der Waals surface area (Å²) in [6, 6.07) is 16.4. The SMILES string of the molecule is Cl.N=C(N)c1ccc([C@H]2[C@@H]3C(=O)N(Cc4ccccc4)C(=O)[C@H]3[C@H]3C[C@@H](O)CN32)cc1. The van der Waals surface area contributed by atoms with Crippen LogP contribution in [0.3, 0.4) is 0 Å². The minimum Gasteiger partial charge on any atom is -0.392 e. The quantitative estimate of drug-likeness (QED) is 0.380. The van der Waals surface area contributed by atoms with E-state index in [1.54, 1.807) is 12.1 Å². The number of benzene rings is 2. The summed E-state index contributed by atoms with van der Waals surface area (Å²) in [5.74, 6) is -1.18. The highest BCUT2D eigenvalue weighted by Crippen LogP contribution is 2.53. The molecule has 0 bridgehead atoms. The Kier molecular flexibility index (Phi) is 5.60. The zero-order valence-electron chi connectivity index (χ0n) is 16.8. The van der Waals surface area contributed by atoms with E-state index in [0.717, 1.165) is 11.1 Å². The molecule has 2 aromatic rings. The first-order valence-corrected chi connectivity index (χ1v) is 10.2. The number of imide groups is 1. The topological polar surface area (TPSA) is 111 Å². The molecule has 0 aromatic heterocycles. The maximum atomic E-state index is 13.4. The van der Waals surface area contributed by atoms with E-state index in [0.29, 0.717) is 18.5 Å². The van der Waals surface area contributed by atoms with Crippen molar-refractivity contribution >= 4 is 30.1 Å². The smallest absolute Gasteiger partial charge is 0.235 e. The van der Waals surface area contributed by atoms with E-state index in [1.807, 2.05) is 42.5 Å². The van der Waals surface area contributed by atoms with E-state index in [4.69, 9.17) is 11.1 Å². The second kappa shape index (κ2) is 8.07. The van der Waals surface area contributed by atoms with Crippen LogP contribution >= 0.6 is 12.4 Å². The minimum atomic E-state index is -0.499. The molecule has 0 unspecified atom stereocenters. The van der Waals surface area contributed by atoms with Crippen LogP contribution < -0.4 is 5.73 Å². The lowest BCUT2D eigenvalue weighted by Crippen LogP contribution is -2.39. The van der Waals surface area contributed by atoms with Gasteiger partial charge in [0.15, 0.2) is 0 Å². The summed E-state index contributed by atoms with van der Waals surface area (Å²) in [6.45, 7) is 0.729. The molecule has 3 aliphatic rings. The summed E-state index contributed by atoms with van der Waals surface area (Å²) in [7, 11) is 0. The van der Waals surface area contributed by atoms with Crippen molar-refractivity contribution in [2.75, 3.05) is 6.54 Å². The number of fused-ring (bicyclic) bond motifs is 3. The lowest BCUT2D eigenvalue weighted by atomic mass is 9.85. The molecule has 8 heteroatoms. The molecule has 3 aliphatic heterocycles. The van der Waals surface area contributed by atoms with Crippen LogP contribution in [0.1, 0.15) is 29.2 Å². The van der Waals surface area contributed by atoms with Crippen LogP contribution in [0.25, 0.3) is 0 Å². The number of nitrogens with two attached hydrogens (primary N) is 1. The Morgan fingerprint density at radius 1 is 1.03 bits per heavy atom. The van der Waals surface area contributed by atoms with E-state index < -0.39 is 17.9 Å². The number of nitrogens with zero attached hydrogens (tertiary/aromatic N) is 2. The number of likely N-dealkylation sites (tertiary alicyclic amines) is 1. The van der Waals surface area contributed by atoms with Gasteiger partial charge in [0, 0.05) is 24.2 Å². The molecular weight excluding hydrogens is 416 g/mol. The number of carbonyl (C=O) groups excluding carboxylic acids is 2.